The Labute approximate surface area is 257 Å². The van der Waals surface area contributed by atoms with Gasteiger partial charge in [-0.3, -0.25) is 14.4 Å². The van der Waals surface area contributed by atoms with Gasteiger partial charge < -0.3 is 26.0 Å². The third kappa shape index (κ3) is 11.8. The minimum atomic E-state index is -5.37. The van der Waals surface area contributed by atoms with E-state index in [9.17, 15) is 37.1 Å². The summed E-state index contributed by atoms with van der Waals surface area (Å²) in [4.78, 5) is 60.2. The van der Waals surface area contributed by atoms with E-state index in [1.165, 1.54) is 0 Å². The SMILES string of the molecule is CC(NC(=O)NCCCC(=O)NCC(=O)NC(CC(=O)OC(=O)C(F)(F)F)c1ccc(-c2ccccc2)cc1)c1ccccc1. The Bertz CT molecular complexity index is 1450. The fourth-order valence-electron chi connectivity index (χ4n) is 4.20. The molecule has 0 heterocycles. The first-order valence-electron chi connectivity index (χ1n) is 14.0. The van der Waals surface area contributed by atoms with Gasteiger partial charge >= 0.3 is 24.1 Å². The minimum absolute atomic E-state index is 0.00193. The zero-order valence-corrected chi connectivity index (χ0v) is 24.4. The molecule has 3 rings (SSSR count). The number of esters is 2. The highest BCUT2D eigenvalue weighted by molar-refractivity contribution is 5.89. The Hall–Kier alpha value is -5.20. The number of rotatable bonds is 13. The van der Waals surface area contributed by atoms with E-state index in [0.717, 1.165) is 16.7 Å². The molecule has 0 saturated carbocycles. The largest absolute Gasteiger partial charge is 0.491 e. The van der Waals surface area contributed by atoms with Crippen LogP contribution in [0.3, 0.4) is 0 Å². The molecule has 0 radical (unpaired) electrons. The summed E-state index contributed by atoms with van der Waals surface area (Å²) >= 11 is 0. The summed E-state index contributed by atoms with van der Waals surface area (Å²) in [6.07, 6.45) is -5.85. The van der Waals surface area contributed by atoms with E-state index >= 15 is 0 Å². The second-order valence-corrected chi connectivity index (χ2v) is 9.98. The number of carbonyl (C=O) groups excluding carboxylic acids is 5. The van der Waals surface area contributed by atoms with E-state index in [1.807, 2.05) is 67.6 Å². The van der Waals surface area contributed by atoms with Crippen molar-refractivity contribution in [1.29, 1.82) is 0 Å². The molecular weight excluding hydrogens is 593 g/mol. The number of amides is 4. The van der Waals surface area contributed by atoms with Gasteiger partial charge in [0.05, 0.1) is 25.0 Å². The maximum Gasteiger partial charge on any atom is 0.491 e. The molecule has 2 atom stereocenters. The summed E-state index contributed by atoms with van der Waals surface area (Å²) in [6, 6.07) is 23.4. The van der Waals surface area contributed by atoms with Gasteiger partial charge in [-0.25, -0.2) is 9.59 Å². The first-order chi connectivity index (χ1) is 21.4. The number of hydrogen-bond donors (Lipinski definition) is 4. The molecule has 3 aromatic carbocycles. The van der Waals surface area contributed by atoms with Crippen LogP contribution in [0, 0.1) is 0 Å². The predicted molar refractivity (Wildman–Crippen MR) is 158 cm³/mol. The lowest BCUT2D eigenvalue weighted by molar-refractivity contribution is -0.202. The van der Waals surface area contributed by atoms with Crippen LogP contribution in [0.25, 0.3) is 11.1 Å². The van der Waals surface area contributed by atoms with Gasteiger partial charge in [-0.1, -0.05) is 84.9 Å². The summed E-state index contributed by atoms with van der Waals surface area (Å²) in [5, 5.41) is 10.4. The molecule has 4 amide bonds. The normalized spacial score (nSPS) is 12.3. The van der Waals surface area contributed by atoms with Crippen LogP contribution in [-0.2, 0) is 23.9 Å². The van der Waals surface area contributed by atoms with Crippen LogP contribution in [0.15, 0.2) is 84.9 Å². The number of ether oxygens (including phenoxy) is 1. The van der Waals surface area contributed by atoms with E-state index in [4.69, 9.17) is 0 Å². The Morgan fingerprint density at radius 1 is 0.733 bits per heavy atom. The Balaban J connectivity index is 1.49. The molecule has 0 fully saturated rings. The van der Waals surface area contributed by atoms with Crippen LogP contribution in [0.4, 0.5) is 18.0 Å². The van der Waals surface area contributed by atoms with Gasteiger partial charge in [-0.2, -0.15) is 13.2 Å². The van der Waals surface area contributed by atoms with Gasteiger partial charge in [0, 0.05) is 13.0 Å². The van der Waals surface area contributed by atoms with Crippen molar-refractivity contribution in [2.24, 2.45) is 0 Å². The lowest BCUT2D eigenvalue weighted by Crippen LogP contribution is -2.40. The predicted octanol–water partition coefficient (Wildman–Crippen LogP) is 4.49. The zero-order valence-electron chi connectivity index (χ0n) is 24.4. The van der Waals surface area contributed by atoms with Crippen molar-refractivity contribution in [3.63, 3.8) is 0 Å². The van der Waals surface area contributed by atoms with E-state index in [0.29, 0.717) is 5.56 Å². The topological polar surface area (TPSA) is 143 Å². The summed E-state index contributed by atoms with van der Waals surface area (Å²) in [6.45, 7) is 1.55. The number of urea groups is 1. The third-order valence-corrected chi connectivity index (χ3v) is 6.52. The van der Waals surface area contributed by atoms with Crippen LogP contribution in [0.1, 0.15) is 49.4 Å². The van der Waals surface area contributed by atoms with Crippen molar-refractivity contribution in [2.45, 2.75) is 44.4 Å². The van der Waals surface area contributed by atoms with Gasteiger partial charge in [0.2, 0.25) is 11.8 Å². The van der Waals surface area contributed by atoms with Crippen molar-refractivity contribution < 1.29 is 41.9 Å². The molecule has 0 saturated heterocycles. The first kappa shape index (κ1) is 34.3. The lowest BCUT2D eigenvalue weighted by atomic mass is 9.99. The molecule has 238 valence electrons. The molecular formula is C32H33F3N4O6. The lowest BCUT2D eigenvalue weighted by Gasteiger charge is -2.19. The van der Waals surface area contributed by atoms with Gasteiger partial charge in [0.1, 0.15) is 0 Å². The first-order valence-corrected chi connectivity index (χ1v) is 14.0. The molecule has 0 aromatic heterocycles. The smallest absolute Gasteiger partial charge is 0.386 e. The Kier molecular flexibility index (Phi) is 12.6. The van der Waals surface area contributed by atoms with E-state index in [2.05, 4.69) is 26.0 Å². The van der Waals surface area contributed by atoms with Crippen LogP contribution in [0.2, 0.25) is 0 Å². The van der Waals surface area contributed by atoms with Gasteiger partial charge in [0.15, 0.2) is 0 Å². The molecule has 0 aliphatic heterocycles. The second kappa shape index (κ2) is 16.6. The maximum absolute atomic E-state index is 12.6. The molecule has 2 unspecified atom stereocenters. The average molecular weight is 627 g/mol. The highest BCUT2D eigenvalue weighted by Gasteiger charge is 2.42. The quantitative estimate of drug-likeness (QED) is 0.125. The number of alkyl halides is 3. The van der Waals surface area contributed by atoms with Gasteiger partial charge in [-0.05, 0) is 35.6 Å². The summed E-state index contributed by atoms with van der Waals surface area (Å²) in [7, 11) is 0. The molecule has 13 heteroatoms. The van der Waals surface area contributed by atoms with Crippen LogP contribution >= 0.6 is 0 Å². The molecule has 4 N–H and O–H groups in total. The van der Waals surface area contributed by atoms with E-state index in [1.54, 1.807) is 24.3 Å². The minimum Gasteiger partial charge on any atom is -0.386 e. The van der Waals surface area contributed by atoms with Crippen LogP contribution in [-0.4, -0.2) is 49.0 Å². The van der Waals surface area contributed by atoms with Crippen molar-refractivity contribution in [3.8, 4) is 11.1 Å². The van der Waals surface area contributed by atoms with Crippen molar-refractivity contribution in [1.82, 2.24) is 21.3 Å². The number of benzene rings is 3. The number of nitrogens with one attached hydrogen (secondary N) is 4. The van der Waals surface area contributed by atoms with Crippen LogP contribution < -0.4 is 21.3 Å². The molecule has 0 bridgehead atoms. The number of hydrogen-bond acceptors (Lipinski definition) is 6. The number of carbonyl (C=O) groups is 5. The van der Waals surface area contributed by atoms with E-state index in [-0.39, 0.29) is 25.4 Å². The molecule has 0 aliphatic carbocycles. The fraction of sp³-hybridized carbons (Fsp3) is 0.281. The average Bonchev–Trinajstić information content (AvgIpc) is 3.02. The summed E-state index contributed by atoms with van der Waals surface area (Å²) in [5.74, 6) is -5.37. The molecule has 10 nitrogen and oxygen atoms in total. The molecule has 0 aliphatic rings. The zero-order chi connectivity index (χ0) is 32.8. The summed E-state index contributed by atoms with van der Waals surface area (Å²) in [5.41, 5.74) is 2.99. The monoisotopic (exact) mass is 626 g/mol. The standard InChI is InChI=1S/C32H33F3N4O6/c1-21(22-9-4-2-5-10-22)38-31(44)36-18-8-13-27(40)37-20-28(41)39-26(19-29(42)45-30(43)32(33,34)35)25-16-14-24(15-17-25)23-11-6-3-7-12-23/h2-7,9-12,14-17,21,26H,8,13,18-20H2,1H3,(H,37,40)(H,39,41)(H2,36,38,44). The third-order valence-electron chi connectivity index (χ3n) is 6.52. The molecule has 0 spiro atoms. The second-order valence-electron chi connectivity index (χ2n) is 9.98. The van der Waals surface area contributed by atoms with Crippen molar-refractivity contribution in [2.75, 3.05) is 13.1 Å². The highest BCUT2D eigenvalue weighted by atomic mass is 19.4. The summed E-state index contributed by atoms with van der Waals surface area (Å²) < 4.78 is 41.6. The Morgan fingerprint density at radius 2 is 1.33 bits per heavy atom. The maximum atomic E-state index is 12.6. The highest BCUT2D eigenvalue weighted by Crippen LogP contribution is 2.24. The van der Waals surface area contributed by atoms with Crippen molar-refractivity contribution >= 4 is 29.8 Å². The van der Waals surface area contributed by atoms with E-state index < -0.39 is 55.0 Å². The Morgan fingerprint density at radius 3 is 1.96 bits per heavy atom. The van der Waals surface area contributed by atoms with Crippen LogP contribution in [0.5, 0.6) is 0 Å². The fourth-order valence-corrected chi connectivity index (χ4v) is 4.20. The molecule has 45 heavy (non-hydrogen) atoms. The van der Waals surface area contributed by atoms with Gasteiger partial charge in [-0.15, -0.1) is 0 Å². The van der Waals surface area contributed by atoms with Crippen molar-refractivity contribution in [3.05, 3.63) is 96.1 Å². The van der Waals surface area contributed by atoms with Gasteiger partial charge in [0.25, 0.3) is 0 Å². The molecule has 3 aromatic rings. The number of halogens is 3.